The standard InChI is InChI=1S/2C7H5F3O.2C6H7.Zr/c2*8-7(9,10)5-2-1-3-6(11)4-5;2*1-6-4-2-3-5-6;/h2*1-4,11H;2*2-5H,1H3;/q;;2*-1;+2. The maximum atomic E-state index is 11.9. The molecule has 0 unspecified atom stereocenters. The molecule has 0 radical (unpaired) electrons. The maximum Gasteiger partial charge on any atom is 2.00 e. The first-order valence-corrected chi connectivity index (χ1v) is 9.88. The van der Waals surface area contributed by atoms with Gasteiger partial charge in [-0.3, -0.25) is 0 Å². The fourth-order valence-corrected chi connectivity index (χ4v) is 2.30. The Balaban J connectivity index is 0.000000452. The van der Waals surface area contributed by atoms with Gasteiger partial charge in [-0.15, -0.1) is 0 Å². The Morgan fingerprint density at radius 3 is 0.971 bits per heavy atom. The van der Waals surface area contributed by atoms with Crippen molar-refractivity contribution in [1.29, 1.82) is 0 Å². The van der Waals surface area contributed by atoms with Crippen LogP contribution in [0.3, 0.4) is 0 Å². The first-order chi connectivity index (χ1) is 15.8. The molecule has 0 saturated heterocycles. The number of benzene rings is 2. The van der Waals surface area contributed by atoms with E-state index in [9.17, 15) is 26.3 Å². The molecule has 186 valence electrons. The van der Waals surface area contributed by atoms with Crippen molar-refractivity contribution in [3.63, 3.8) is 0 Å². The second kappa shape index (κ2) is 15.3. The summed E-state index contributed by atoms with van der Waals surface area (Å²) in [5.41, 5.74) is 1.01. The number of aryl methyl sites for hydroxylation is 2. The van der Waals surface area contributed by atoms with Crippen molar-refractivity contribution in [3.8, 4) is 11.5 Å². The summed E-state index contributed by atoms with van der Waals surface area (Å²) in [5.74, 6) is -0.750. The van der Waals surface area contributed by atoms with E-state index in [4.69, 9.17) is 10.2 Å². The molecule has 0 fully saturated rings. The fraction of sp³-hybridized carbons (Fsp3) is 0.154. The van der Waals surface area contributed by atoms with Crippen LogP contribution in [0.4, 0.5) is 26.3 Å². The van der Waals surface area contributed by atoms with E-state index >= 15 is 0 Å². The van der Waals surface area contributed by atoms with Gasteiger partial charge >= 0.3 is 38.6 Å². The summed E-state index contributed by atoms with van der Waals surface area (Å²) in [5, 5.41) is 17.4. The van der Waals surface area contributed by atoms with Crippen molar-refractivity contribution < 1.29 is 62.8 Å². The Labute approximate surface area is 219 Å². The molecule has 2 nitrogen and oxygen atoms in total. The summed E-state index contributed by atoms with van der Waals surface area (Å²) < 4.78 is 71.1. The molecular formula is C26H24F6O2Zr. The zero-order valence-corrected chi connectivity index (χ0v) is 21.4. The first-order valence-electron chi connectivity index (χ1n) is 9.88. The van der Waals surface area contributed by atoms with Crippen LogP contribution in [0.15, 0.2) is 97.1 Å². The molecular weight excluding hydrogens is 549 g/mol. The average molecular weight is 574 g/mol. The Bertz CT molecular complexity index is 982. The van der Waals surface area contributed by atoms with E-state index in [0.29, 0.717) is 12.1 Å². The van der Waals surface area contributed by atoms with Crippen LogP contribution >= 0.6 is 0 Å². The molecule has 4 aromatic carbocycles. The predicted molar refractivity (Wildman–Crippen MR) is 120 cm³/mol. The first kappa shape index (κ1) is 32.2. The van der Waals surface area contributed by atoms with Gasteiger partial charge in [-0.2, -0.15) is 61.7 Å². The van der Waals surface area contributed by atoms with Crippen LogP contribution in [-0.2, 0) is 38.6 Å². The minimum atomic E-state index is -4.38. The molecule has 35 heavy (non-hydrogen) atoms. The number of aromatic hydroxyl groups is 2. The van der Waals surface area contributed by atoms with Crippen molar-refractivity contribution >= 4 is 0 Å². The number of halogens is 6. The van der Waals surface area contributed by atoms with E-state index in [1.807, 2.05) is 24.3 Å². The van der Waals surface area contributed by atoms with Crippen LogP contribution in [0.2, 0.25) is 0 Å². The average Bonchev–Trinajstić information content (AvgIpc) is 3.42. The molecule has 0 aliphatic rings. The third-order valence-electron chi connectivity index (χ3n) is 4.01. The van der Waals surface area contributed by atoms with E-state index in [1.165, 1.54) is 23.3 Å². The minimum absolute atomic E-state index is 0. The number of phenols is 2. The summed E-state index contributed by atoms with van der Waals surface area (Å²) in [7, 11) is 0. The molecule has 0 heterocycles. The van der Waals surface area contributed by atoms with Crippen LogP contribution in [0, 0.1) is 13.8 Å². The molecule has 4 aromatic rings. The number of rotatable bonds is 0. The van der Waals surface area contributed by atoms with Gasteiger partial charge in [0.2, 0.25) is 0 Å². The molecule has 0 atom stereocenters. The summed E-state index contributed by atoms with van der Waals surface area (Å²) in [6.45, 7) is 4.17. The number of phenolic OH excluding ortho intramolecular Hbond substituents is 2. The molecule has 0 aliphatic heterocycles. The molecule has 0 saturated carbocycles. The molecule has 0 spiro atoms. The summed E-state index contributed by atoms with van der Waals surface area (Å²) in [6.07, 6.45) is -8.75. The summed E-state index contributed by atoms with van der Waals surface area (Å²) in [6, 6.07) is 24.3. The smallest absolute Gasteiger partial charge is 0.508 e. The predicted octanol–water partition coefficient (Wildman–Crippen LogP) is 8.25. The monoisotopic (exact) mass is 572 g/mol. The fourth-order valence-electron chi connectivity index (χ4n) is 2.30. The topological polar surface area (TPSA) is 40.5 Å². The van der Waals surface area contributed by atoms with E-state index < -0.39 is 23.5 Å². The van der Waals surface area contributed by atoms with Gasteiger partial charge in [0.15, 0.2) is 0 Å². The normalized spacial score (nSPS) is 10.3. The van der Waals surface area contributed by atoms with E-state index in [2.05, 4.69) is 38.1 Å². The SMILES string of the molecule is C[c-]1cccc1.C[c-]1cccc1.Oc1cccc(C(F)(F)F)c1.Oc1cccc(C(F)(F)F)c1.[Zr+2]. The van der Waals surface area contributed by atoms with E-state index in [1.54, 1.807) is 0 Å². The Morgan fingerprint density at radius 2 is 0.829 bits per heavy atom. The molecule has 4 rings (SSSR count). The van der Waals surface area contributed by atoms with Crippen LogP contribution in [0.25, 0.3) is 0 Å². The molecule has 0 aromatic heterocycles. The zero-order valence-electron chi connectivity index (χ0n) is 18.9. The Morgan fingerprint density at radius 1 is 0.543 bits per heavy atom. The van der Waals surface area contributed by atoms with Crippen molar-refractivity contribution in [3.05, 3.63) is 119 Å². The number of hydrogen-bond acceptors (Lipinski definition) is 2. The van der Waals surface area contributed by atoms with Gasteiger partial charge in [0.05, 0.1) is 11.1 Å². The number of hydrogen-bond donors (Lipinski definition) is 2. The van der Waals surface area contributed by atoms with Crippen LogP contribution in [0.5, 0.6) is 11.5 Å². The third-order valence-corrected chi connectivity index (χ3v) is 4.01. The zero-order chi connectivity index (χ0) is 25.8. The molecule has 2 N–H and O–H groups in total. The van der Waals surface area contributed by atoms with Gasteiger partial charge in [0.25, 0.3) is 0 Å². The maximum absolute atomic E-state index is 11.9. The summed E-state index contributed by atoms with van der Waals surface area (Å²) in [4.78, 5) is 0. The second-order valence-electron chi connectivity index (χ2n) is 7.02. The number of alkyl halides is 6. The van der Waals surface area contributed by atoms with Crippen LogP contribution in [0.1, 0.15) is 22.3 Å². The van der Waals surface area contributed by atoms with Gasteiger partial charge in [0.1, 0.15) is 11.5 Å². The molecule has 9 heteroatoms. The van der Waals surface area contributed by atoms with E-state index in [0.717, 1.165) is 24.3 Å². The Hall–Kier alpha value is -2.80. The van der Waals surface area contributed by atoms with Gasteiger partial charge < -0.3 is 10.2 Å². The van der Waals surface area contributed by atoms with Gasteiger partial charge in [-0.1, -0.05) is 26.0 Å². The molecule has 0 bridgehead atoms. The van der Waals surface area contributed by atoms with Crippen molar-refractivity contribution in [1.82, 2.24) is 0 Å². The quantitative estimate of drug-likeness (QED) is 0.164. The van der Waals surface area contributed by atoms with E-state index in [-0.39, 0.29) is 37.7 Å². The van der Waals surface area contributed by atoms with Crippen molar-refractivity contribution in [2.45, 2.75) is 26.2 Å². The Kier molecular flexibility index (Phi) is 14.0. The molecule has 0 aliphatic carbocycles. The third kappa shape index (κ3) is 14.3. The van der Waals surface area contributed by atoms with Gasteiger partial charge in [-0.25, -0.2) is 24.3 Å². The summed E-state index contributed by atoms with van der Waals surface area (Å²) >= 11 is 0. The second-order valence-corrected chi connectivity index (χ2v) is 7.02. The van der Waals surface area contributed by atoms with Crippen molar-refractivity contribution in [2.75, 3.05) is 0 Å². The minimum Gasteiger partial charge on any atom is -0.508 e. The molecule has 0 amide bonds. The van der Waals surface area contributed by atoms with Gasteiger partial charge in [0, 0.05) is 0 Å². The van der Waals surface area contributed by atoms with Crippen LogP contribution < -0.4 is 0 Å². The van der Waals surface area contributed by atoms with Crippen LogP contribution in [-0.4, -0.2) is 10.2 Å². The van der Waals surface area contributed by atoms with Gasteiger partial charge in [-0.05, 0) is 36.4 Å². The largest absolute Gasteiger partial charge is 2.00 e. The van der Waals surface area contributed by atoms with Crippen molar-refractivity contribution in [2.24, 2.45) is 0 Å².